The number of amides is 2. The second-order valence-corrected chi connectivity index (χ2v) is 14.2. The molecule has 5 N–H and O–H groups in total. The molecular formula is C20H34N4O14S3. The van der Waals surface area contributed by atoms with E-state index in [4.69, 9.17) is 30.3 Å². The smallest absolute Gasteiger partial charge is 0.421 e. The predicted octanol–water partition coefficient (Wildman–Crippen LogP) is 1.81. The van der Waals surface area contributed by atoms with Crippen LogP contribution in [0.4, 0.5) is 9.59 Å². The molecular weight excluding hydrogens is 616 g/mol. The van der Waals surface area contributed by atoms with Crippen LogP contribution >= 0.6 is 11.3 Å². The molecule has 0 bridgehead atoms. The number of fused-ring (bicyclic) bond motifs is 1. The lowest BCUT2D eigenvalue weighted by Gasteiger charge is -2.35. The Kier molecular flexibility index (Phi) is 13.6. The first-order valence-corrected chi connectivity index (χ1v) is 16.2. The largest absolute Gasteiger partial charge is 0.449 e. The Hall–Kier alpha value is -2.18. The van der Waals surface area contributed by atoms with Gasteiger partial charge in [-0.15, -0.1) is 11.3 Å². The zero-order valence-electron chi connectivity index (χ0n) is 22.2. The first kappa shape index (κ1) is 35.0. The lowest BCUT2D eigenvalue weighted by atomic mass is 10.0. The average Bonchev–Trinajstić information content (AvgIpc) is 3.34. The molecule has 1 aromatic rings. The summed E-state index contributed by atoms with van der Waals surface area (Å²) in [4.78, 5) is 34.9. The third kappa shape index (κ3) is 10.2. The van der Waals surface area contributed by atoms with Crippen molar-refractivity contribution in [2.45, 2.75) is 65.7 Å². The van der Waals surface area contributed by atoms with Crippen LogP contribution in [0.5, 0.6) is 0 Å². The fourth-order valence-electron chi connectivity index (χ4n) is 3.77. The molecule has 0 spiro atoms. The molecule has 41 heavy (non-hydrogen) atoms. The Morgan fingerprint density at radius 2 is 1.54 bits per heavy atom. The van der Waals surface area contributed by atoms with E-state index in [0.717, 1.165) is 6.07 Å². The zero-order valence-corrected chi connectivity index (χ0v) is 24.7. The Morgan fingerprint density at radius 1 is 1.00 bits per heavy atom. The maximum absolute atomic E-state index is 13.1. The minimum absolute atomic E-state index is 0.0192. The number of sulfone groups is 1. The Labute approximate surface area is 240 Å². The number of hydrogen-bond acceptors (Lipinski definition) is 17. The van der Waals surface area contributed by atoms with Crippen LogP contribution in [0, 0.1) is 0 Å². The summed E-state index contributed by atoms with van der Waals surface area (Å²) in [5.74, 6) is 0. The molecule has 0 aliphatic carbocycles. The van der Waals surface area contributed by atoms with E-state index in [2.05, 4.69) is 9.68 Å². The van der Waals surface area contributed by atoms with E-state index >= 15 is 0 Å². The molecule has 21 heteroatoms. The second kappa shape index (κ2) is 15.9. The number of carbonyl (C=O) groups is 2. The van der Waals surface area contributed by atoms with E-state index in [0.29, 0.717) is 24.2 Å². The van der Waals surface area contributed by atoms with E-state index in [1.165, 1.54) is 11.8 Å². The van der Waals surface area contributed by atoms with Gasteiger partial charge in [0.2, 0.25) is 0 Å². The number of carbonyl (C=O) groups excluding carboxylic acids is 2. The summed E-state index contributed by atoms with van der Waals surface area (Å²) in [7, 11) is -8.47. The molecule has 1 aliphatic rings. The minimum atomic E-state index is -4.54. The van der Waals surface area contributed by atoms with Gasteiger partial charge in [0.1, 0.15) is 8.42 Å². The third-order valence-corrected chi connectivity index (χ3v) is 11.5. The van der Waals surface area contributed by atoms with Crippen LogP contribution in [0.15, 0.2) is 14.5 Å². The molecule has 1 aromatic heterocycles. The first-order chi connectivity index (χ1) is 19.2. The topological polar surface area (TPSA) is 242 Å². The number of ether oxygens (including phenoxy) is 2. The van der Waals surface area contributed by atoms with Crippen molar-refractivity contribution in [1.82, 2.24) is 20.4 Å². The third-order valence-electron chi connectivity index (χ3n) is 5.79. The van der Waals surface area contributed by atoms with Gasteiger partial charge in [-0.3, -0.25) is 30.5 Å². The van der Waals surface area contributed by atoms with Gasteiger partial charge in [0.25, 0.3) is 10.0 Å². The summed E-state index contributed by atoms with van der Waals surface area (Å²) in [6.45, 7) is 2.83. The molecule has 0 saturated carbocycles. The van der Waals surface area contributed by atoms with Crippen LogP contribution in [-0.2, 0) is 39.0 Å². The van der Waals surface area contributed by atoms with Gasteiger partial charge in [-0.2, -0.15) is 0 Å². The zero-order chi connectivity index (χ0) is 30.8. The number of hydrogen-bond donors (Lipinski definition) is 5. The molecule has 2 rings (SSSR count). The summed E-state index contributed by atoms with van der Waals surface area (Å²) in [6.07, 6.45) is -0.938. The molecule has 0 saturated heterocycles. The highest BCUT2D eigenvalue weighted by atomic mass is 32.3. The van der Waals surface area contributed by atoms with Crippen molar-refractivity contribution in [3.63, 3.8) is 0 Å². The quantitative estimate of drug-likeness (QED) is 0.126. The van der Waals surface area contributed by atoms with E-state index in [1.807, 2.05) is 0 Å². The average molecular weight is 651 g/mol. The first-order valence-electron chi connectivity index (χ1n) is 12.3. The van der Waals surface area contributed by atoms with Gasteiger partial charge in [-0.1, -0.05) is 0 Å². The SMILES string of the molecule is CCN(C(=O)OCCCCON(O)O)[C@H]1CC(C)S(=O)(=O)c2sc(S(=O)(=O)NC(=O)OCCCCON(O)O)cc21. The van der Waals surface area contributed by atoms with Gasteiger partial charge < -0.3 is 14.4 Å². The fraction of sp³-hybridized carbons (Fsp3) is 0.700. The number of sulfonamides is 1. The van der Waals surface area contributed by atoms with Gasteiger partial charge in [0.15, 0.2) is 9.84 Å². The summed E-state index contributed by atoms with van der Waals surface area (Å²) < 4.78 is 63.0. The van der Waals surface area contributed by atoms with Crippen LogP contribution in [0.1, 0.15) is 57.6 Å². The number of unbranched alkanes of at least 4 members (excludes halogenated alkanes) is 2. The summed E-state index contributed by atoms with van der Waals surface area (Å²) in [5.41, 5.74) is 0.0850. The lowest BCUT2D eigenvalue weighted by Crippen LogP contribution is -2.40. The van der Waals surface area contributed by atoms with Crippen molar-refractivity contribution in [1.29, 1.82) is 0 Å². The van der Waals surface area contributed by atoms with Crippen LogP contribution in [-0.4, -0.2) is 104 Å². The fourth-order valence-corrected chi connectivity index (χ4v) is 8.64. The minimum Gasteiger partial charge on any atom is -0.449 e. The Balaban J connectivity index is 2.12. The van der Waals surface area contributed by atoms with E-state index in [9.17, 15) is 26.4 Å². The molecule has 1 unspecified atom stereocenters. The second-order valence-electron chi connectivity index (χ2n) is 8.64. The number of nitrogens with zero attached hydrogens (tertiary/aromatic N) is 3. The Morgan fingerprint density at radius 3 is 2.07 bits per heavy atom. The number of thiophene rings is 1. The van der Waals surface area contributed by atoms with Crippen LogP contribution in [0.2, 0.25) is 0 Å². The summed E-state index contributed by atoms with van der Waals surface area (Å²) in [5, 5.41) is 32.0. The molecule has 0 aromatic carbocycles. The van der Waals surface area contributed by atoms with Crippen molar-refractivity contribution in [2.75, 3.05) is 33.0 Å². The highest BCUT2D eigenvalue weighted by Gasteiger charge is 2.43. The van der Waals surface area contributed by atoms with Crippen molar-refractivity contribution in [2.24, 2.45) is 0 Å². The van der Waals surface area contributed by atoms with Gasteiger partial charge >= 0.3 is 12.2 Å². The maximum atomic E-state index is 13.1. The van der Waals surface area contributed by atoms with E-state index < -0.39 is 58.3 Å². The van der Waals surface area contributed by atoms with E-state index in [1.54, 1.807) is 11.6 Å². The van der Waals surface area contributed by atoms with Crippen molar-refractivity contribution >= 4 is 43.4 Å². The summed E-state index contributed by atoms with van der Waals surface area (Å²) >= 11 is 0.453. The van der Waals surface area contributed by atoms with Gasteiger partial charge in [-0.25, -0.2) is 31.1 Å². The van der Waals surface area contributed by atoms with Gasteiger partial charge in [0, 0.05) is 12.1 Å². The number of rotatable bonds is 16. The van der Waals surface area contributed by atoms with Gasteiger partial charge in [0.05, 0.1) is 48.5 Å². The summed E-state index contributed by atoms with van der Waals surface area (Å²) in [6, 6.07) is 0.282. The van der Waals surface area contributed by atoms with Crippen LogP contribution in [0.25, 0.3) is 0 Å². The van der Waals surface area contributed by atoms with Crippen LogP contribution < -0.4 is 4.72 Å². The van der Waals surface area contributed by atoms with E-state index in [-0.39, 0.29) is 62.0 Å². The highest BCUT2D eigenvalue weighted by molar-refractivity contribution is 7.95. The lowest BCUT2D eigenvalue weighted by molar-refractivity contribution is -0.492. The van der Waals surface area contributed by atoms with Gasteiger partial charge in [-0.05, 0) is 52.0 Å². The highest BCUT2D eigenvalue weighted by Crippen LogP contribution is 2.45. The maximum Gasteiger partial charge on any atom is 0.421 e. The van der Waals surface area contributed by atoms with Crippen molar-refractivity contribution < 1.29 is 66.4 Å². The number of nitrogens with one attached hydrogen (secondary N) is 1. The molecule has 0 fully saturated rings. The van der Waals surface area contributed by atoms with Crippen molar-refractivity contribution in [3.05, 3.63) is 11.6 Å². The molecule has 2 amide bonds. The molecule has 0 radical (unpaired) electrons. The molecule has 1 aliphatic heterocycles. The Bertz CT molecular complexity index is 1220. The molecule has 18 nitrogen and oxygen atoms in total. The molecule has 2 heterocycles. The van der Waals surface area contributed by atoms with Crippen LogP contribution in [0.3, 0.4) is 0 Å². The standard InChI is InChI=1S/C20H34N4O14S3/c1-3-22(20(26)36-9-5-7-11-38-24(29)30)16-12-14(2)40(31,32)18-15(16)13-17(39-18)41(33,34)21-19(25)35-8-4-6-10-37-23(27)28/h13-14,16,27-30H,3-12H2,1-2H3,(H,21,25)/t14?,16-/m0/s1. The van der Waals surface area contributed by atoms with Crippen molar-refractivity contribution in [3.8, 4) is 0 Å². The normalized spacial score (nSPS) is 18.2. The monoisotopic (exact) mass is 650 g/mol. The predicted molar refractivity (Wildman–Crippen MR) is 135 cm³/mol. The molecule has 2 atom stereocenters. The molecule has 236 valence electrons.